The number of carboxylic acid groups (broad SMARTS) is 1. The number of benzene rings is 1. The number of rotatable bonds is 5. The van der Waals surface area contributed by atoms with Gasteiger partial charge < -0.3 is 10.4 Å². The Bertz CT molecular complexity index is 721. The van der Waals surface area contributed by atoms with E-state index in [-0.39, 0.29) is 5.78 Å². The van der Waals surface area contributed by atoms with E-state index in [0.29, 0.717) is 27.9 Å². The van der Waals surface area contributed by atoms with E-state index in [9.17, 15) is 9.59 Å². The van der Waals surface area contributed by atoms with Gasteiger partial charge in [-0.05, 0) is 31.4 Å². The fourth-order valence-electron chi connectivity index (χ4n) is 1.75. The second kappa shape index (κ2) is 6.90. The highest BCUT2D eigenvalue weighted by atomic mass is 32.2. The van der Waals surface area contributed by atoms with Crippen LogP contribution in [0.2, 0.25) is 0 Å². The van der Waals surface area contributed by atoms with Gasteiger partial charge in [0.05, 0.1) is 5.56 Å². The molecule has 0 atom stereocenters. The summed E-state index contributed by atoms with van der Waals surface area (Å²) in [5, 5.41) is 14.6. The summed E-state index contributed by atoms with van der Waals surface area (Å²) in [6, 6.07) is 6.67. The number of hydrogen-bond donors (Lipinski definition) is 3. The number of anilines is 3. The molecule has 0 aliphatic carbocycles. The molecule has 0 bridgehead atoms. The highest BCUT2D eigenvalue weighted by molar-refractivity contribution is 7.98. The van der Waals surface area contributed by atoms with E-state index in [4.69, 9.17) is 5.11 Å². The number of Topliss-reactive ketones (excluding diaryl/α,β-unsaturated/α-hetero) is 1. The second-order valence-corrected chi connectivity index (χ2v) is 5.08. The number of carbonyl (C=O) groups is 2. The van der Waals surface area contributed by atoms with Crippen molar-refractivity contribution in [2.75, 3.05) is 16.9 Å². The fourth-order valence-corrected chi connectivity index (χ4v) is 2.09. The fraction of sp³-hybridized carbons (Fsp3) is 0.143. The molecule has 0 radical (unpaired) electrons. The monoisotopic (exact) mass is 318 g/mol. The molecule has 1 aromatic heterocycles. The molecule has 0 aliphatic heterocycles. The Morgan fingerprint density at radius 2 is 2.00 bits per heavy atom. The summed E-state index contributed by atoms with van der Waals surface area (Å²) in [4.78, 5) is 30.7. The van der Waals surface area contributed by atoms with E-state index in [2.05, 4.69) is 20.6 Å². The van der Waals surface area contributed by atoms with Crippen molar-refractivity contribution in [3.63, 3.8) is 0 Å². The summed E-state index contributed by atoms with van der Waals surface area (Å²) < 4.78 is 0. The molecule has 2 aromatic rings. The van der Waals surface area contributed by atoms with Gasteiger partial charge in [0.2, 0.25) is 0 Å². The van der Waals surface area contributed by atoms with Gasteiger partial charge in [0, 0.05) is 17.6 Å². The first-order valence-electron chi connectivity index (χ1n) is 6.28. The number of hydrogen-bond acceptors (Lipinski definition) is 6. The lowest BCUT2D eigenvalue weighted by atomic mass is 10.2. The highest BCUT2D eigenvalue weighted by Gasteiger charge is 2.11. The van der Waals surface area contributed by atoms with E-state index in [1.807, 2.05) is 6.26 Å². The van der Waals surface area contributed by atoms with Crippen molar-refractivity contribution < 1.29 is 14.7 Å². The number of nitrogens with one attached hydrogen (secondary N) is 2. The molecule has 0 saturated carbocycles. The lowest BCUT2D eigenvalue weighted by molar-refractivity contribution is 0.101. The van der Waals surface area contributed by atoms with Crippen molar-refractivity contribution in [3.8, 4) is 0 Å². The minimum Gasteiger partial charge on any atom is -0.465 e. The summed E-state index contributed by atoms with van der Waals surface area (Å²) in [6.07, 6.45) is 2.17. The third-order valence-corrected chi connectivity index (χ3v) is 3.27. The Kier molecular flexibility index (Phi) is 4.95. The number of amides is 1. The Labute approximate surface area is 131 Å². The van der Waals surface area contributed by atoms with Crippen LogP contribution >= 0.6 is 11.8 Å². The predicted molar refractivity (Wildman–Crippen MR) is 85.2 cm³/mol. The van der Waals surface area contributed by atoms with Gasteiger partial charge in [-0.25, -0.2) is 14.8 Å². The Balaban J connectivity index is 2.33. The van der Waals surface area contributed by atoms with E-state index in [1.54, 1.807) is 24.3 Å². The van der Waals surface area contributed by atoms with Crippen LogP contribution in [0, 0.1) is 0 Å². The Morgan fingerprint density at radius 1 is 1.27 bits per heavy atom. The summed E-state index contributed by atoms with van der Waals surface area (Å²) in [5.41, 5.74) is 1.40. The molecule has 3 N–H and O–H groups in total. The summed E-state index contributed by atoms with van der Waals surface area (Å²) in [7, 11) is 0. The quantitative estimate of drug-likeness (QED) is 0.441. The largest absolute Gasteiger partial charge is 0.465 e. The second-order valence-electron chi connectivity index (χ2n) is 4.31. The molecule has 8 heteroatoms. The zero-order chi connectivity index (χ0) is 16.1. The summed E-state index contributed by atoms with van der Waals surface area (Å²) in [5.74, 6) is 0.231. The molecule has 7 nitrogen and oxygen atoms in total. The third kappa shape index (κ3) is 3.95. The maximum absolute atomic E-state index is 11.7. The normalized spacial score (nSPS) is 10.1. The molecule has 2 rings (SSSR count). The first-order valence-corrected chi connectivity index (χ1v) is 7.51. The van der Waals surface area contributed by atoms with Gasteiger partial charge in [0.1, 0.15) is 5.82 Å². The van der Waals surface area contributed by atoms with Crippen LogP contribution in [0.3, 0.4) is 0 Å². The van der Waals surface area contributed by atoms with Gasteiger partial charge in [-0.1, -0.05) is 17.8 Å². The van der Waals surface area contributed by atoms with Crippen LogP contribution in [0.25, 0.3) is 0 Å². The highest BCUT2D eigenvalue weighted by Crippen LogP contribution is 2.23. The van der Waals surface area contributed by atoms with E-state index in [1.165, 1.54) is 24.9 Å². The van der Waals surface area contributed by atoms with E-state index < -0.39 is 6.09 Å². The van der Waals surface area contributed by atoms with Crippen LogP contribution in [-0.4, -0.2) is 33.2 Å². The zero-order valence-corrected chi connectivity index (χ0v) is 12.8. The number of carbonyl (C=O) groups excluding carboxylic acids is 1. The van der Waals surface area contributed by atoms with Crippen LogP contribution in [0.15, 0.2) is 35.6 Å². The van der Waals surface area contributed by atoms with Gasteiger partial charge >= 0.3 is 6.09 Å². The lowest BCUT2D eigenvalue weighted by Gasteiger charge is -2.11. The summed E-state index contributed by atoms with van der Waals surface area (Å²) in [6.45, 7) is 1.44. The van der Waals surface area contributed by atoms with E-state index >= 15 is 0 Å². The minimum atomic E-state index is -1.15. The van der Waals surface area contributed by atoms with Crippen LogP contribution in [0.4, 0.5) is 22.0 Å². The molecule has 1 aromatic carbocycles. The van der Waals surface area contributed by atoms with Crippen molar-refractivity contribution in [2.24, 2.45) is 0 Å². The number of thioether (sulfide) groups is 1. The summed E-state index contributed by atoms with van der Waals surface area (Å²) >= 11 is 1.36. The topological polar surface area (TPSA) is 104 Å². The average Bonchev–Trinajstić information content (AvgIpc) is 2.46. The molecule has 114 valence electrons. The van der Waals surface area contributed by atoms with Crippen LogP contribution in [-0.2, 0) is 0 Å². The Morgan fingerprint density at radius 3 is 2.64 bits per heavy atom. The van der Waals surface area contributed by atoms with Gasteiger partial charge in [-0.2, -0.15) is 0 Å². The Hall–Kier alpha value is -2.61. The van der Waals surface area contributed by atoms with Crippen molar-refractivity contribution in [1.82, 2.24) is 9.97 Å². The third-order valence-electron chi connectivity index (χ3n) is 2.71. The SMILES string of the molecule is CSc1ncc(C(C)=O)c(Nc2cccc(NC(=O)O)c2)n1. The molecule has 0 saturated heterocycles. The first-order chi connectivity index (χ1) is 10.5. The van der Waals surface area contributed by atoms with Gasteiger partial charge in [-0.3, -0.25) is 10.1 Å². The molecule has 0 unspecified atom stereocenters. The zero-order valence-electron chi connectivity index (χ0n) is 12.0. The van der Waals surface area contributed by atoms with Crippen LogP contribution < -0.4 is 10.6 Å². The average molecular weight is 318 g/mol. The molecular weight excluding hydrogens is 304 g/mol. The first kappa shape index (κ1) is 15.8. The van der Waals surface area contributed by atoms with Crippen LogP contribution in [0.1, 0.15) is 17.3 Å². The maximum Gasteiger partial charge on any atom is 0.409 e. The van der Waals surface area contributed by atoms with Crippen molar-refractivity contribution in [2.45, 2.75) is 12.1 Å². The number of ketones is 1. The minimum absolute atomic E-state index is 0.157. The maximum atomic E-state index is 11.7. The van der Waals surface area contributed by atoms with Gasteiger partial charge in [-0.15, -0.1) is 0 Å². The van der Waals surface area contributed by atoms with Gasteiger partial charge in [0.25, 0.3) is 0 Å². The molecule has 0 fully saturated rings. The van der Waals surface area contributed by atoms with Crippen LogP contribution in [0.5, 0.6) is 0 Å². The van der Waals surface area contributed by atoms with Crippen molar-refractivity contribution >= 4 is 40.8 Å². The lowest BCUT2D eigenvalue weighted by Crippen LogP contribution is -2.08. The molecule has 22 heavy (non-hydrogen) atoms. The molecule has 1 heterocycles. The van der Waals surface area contributed by atoms with E-state index in [0.717, 1.165) is 0 Å². The number of aromatic nitrogens is 2. The standard InChI is InChI=1S/C14H14N4O3S/c1-8(19)11-7-15-13(22-2)18-12(11)16-9-4-3-5-10(6-9)17-14(20)21/h3-7,17H,1-2H3,(H,20,21)(H,15,16,18). The van der Waals surface area contributed by atoms with Crippen molar-refractivity contribution in [3.05, 3.63) is 36.0 Å². The van der Waals surface area contributed by atoms with Crippen molar-refractivity contribution in [1.29, 1.82) is 0 Å². The molecule has 1 amide bonds. The number of nitrogens with zero attached hydrogens (tertiary/aromatic N) is 2. The smallest absolute Gasteiger partial charge is 0.409 e. The molecular formula is C14H14N4O3S. The molecule has 0 spiro atoms. The van der Waals surface area contributed by atoms with Gasteiger partial charge in [0.15, 0.2) is 10.9 Å². The molecule has 0 aliphatic rings. The predicted octanol–water partition coefficient (Wildman–Crippen LogP) is 3.23.